The van der Waals surface area contributed by atoms with Crippen molar-refractivity contribution < 1.29 is 9.90 Å². The van der Waals surface area contributed by atoms with Crippen LogP contribution < -0.4 is 5.32 Å². The van der Waals surface area contributed by atoms with E-state index in [4.69, 9.17) is 0 Å². The first-order chi connectivity index (χ1) is 7.25. The summed E-state index contributed by atoms with van der Waals surface area (Å²) in [5.74, 6) is -0.141. The molecule has 0 atom stereocenters. The van der Waals surface area contributed by atoms with Crippen LogP contribution in [0.25, 0.3) is 0 Å². The van der Waals surface area contributed by atoms with Gasteiger partial charge in [0.15, 0.2) is 0 Å². The highest BCUT2D eigenvalue weighted by Gasteiger charge is 2.21. The molecule has 0 unspecified atom stereocenters. The number of nitrogens with zero attached hydrogens (tertiary/aromatic N) is 1. The number of aliphatic hydroxyl groups is 1. The molecule has 0 bridgehead atoms. The van der Waals surface area contributed by atoms with Gasteiger partial charge in [-0.1, -0.05) is 0 Å². The van der Waals surface area contributed by atoms with E-state index < -0.39 is 0 Å². The molecule has 1 saturated carbocycles. The van der Waals surface area contributed by atoms with Crippen LogP contribution in [0.2, 0.25) is 0 Å². The third-order valence-corrected chi connectivity index (χ3v) is 2.77. The van der Waals surface area contributed by atoms with Gasteiger partial charge in [0.2, 0.25) is 0 Å². The Morgan fingerprint density at radius 2 is 2.20 bits per heavy atom. The first-order valence-electron chi connectivity index (χ1n) is 5.24. The highest BCUT2D eigenvalue weighted by Crippen LogP contribution is 2.18. The zero-order chi connectivity index (χ0) is 10.7. The number of aliphatic hydroxyl groups excluding tert-OH is 1. The zero-order valence-electron chi connectivity index (χ0n) is 8.44. The number of aromatic nitrogens is 2. The molecule has 1 aliphatic carbocycles. The Kier molecular flexibility index (Phi) is 3.01. The smallest absolute Gasteiger partial charge is 0.271 e. The van der Waals surface area contributed by atoms with Gasteiger partial charge in [-0.2, -0.15) is 5.10 Å². The van der Waals surface area contributed by atoms with Gasteiger partial charge in [-0.3, -0.25) is 9.89 Å². The molecular formula is C10H15N3O2. The van der Waals surface area contributed by atoms with E-state index in [1.165, 1.54) is 0 Å². The highest BCUT2D eigenvalue weighted by molar-refractivity contribution is 5.92. The molecule has 2 rings (SSSR count). The predicted octanol–water partition coefficient (Wildman–Crippen LogP) is 0.443. The standard InChI is InChI=1S/C10H15N3O2/c14-8-3-1-7(2-4-8)12-10(15)9-5-6-11-13-9/h5-8,14H,1-4H2,(H,11,13)(H,12,15). The van der Waals surface area contributed by atoms with Crippen molar-refractivity contribution in [3.05, 3.63) is 18.0 Å². The molecule has 0 spiro atoms. The maximum Gasteiger partial charge on any atom is 0.271 e. The highest BCUT2D eigenvalue weighted by atomic mass is 16.3. The molecule has 0 aliphatic heterocycles. The summed E-state index contributed by atoms with van der Waals surface area (Å²) in [6.07, 6.45) is 4.66. The molecule has 1 fully saturated rings. The average molecular weight is 209 g/mol. The lowest BCUT2D eigenvalue weighted by Gasteiger charge is -2.25. The van der Waals surface area contributed by atoms with E-state index in [0.29, 0.717) is 5.69 Å². The van der Waals surface area contributed by atoms with Gasteiger partial charge in [0.25, 0.3) is 5.91 Å². The summed E-state index contributed by atoms with van der Waals surface area (Å²) < 4.78 is 0. The minimum absolute atomic E-state index is 0.141. The zero-order valence-corrected chi connectivity index (χ0v) is 8.44. The molecule has 1 amide bonds. The van der Waals surface area contributed by atoms with Crippen LogP contribution in [-0.4, -0.2) is 33.4 Å². The predicted molar refractivity (Wildman–Crippen MR) is 54.3 cm³/mol. The van der Waals surface area contributed by atoms with E-state index in [9.17, 15) is 9.90 Å². The number of amides is 1. The molecule has 15 heavy (non-hydrogen) atoms. The number of hydrogen-bond acceptors (Lipinski definition) is 3. The van der Waals surface area contributed by atoms with Crippen molar-refractivity contribution in [2.45, 2.75) is 37.8 Å². The molecule has 3 N–H and O–H groups in total. The largest absolute Gasteiger partial charge is 0.393 e. The number of hydrogen-bond donors (Lipinski definition) is 3. The molecule has 0 radical (unpaired) electrons. The van der Waals surface area contributed by atoms with Crippen molar-refractivity contribution in [3.8, 4) is 0 Å². The maximum absolute atomic E-state index is 11.6. The second-order valence-electron chi connectivity index (χ2n) is 3.94. The third-order valence-electron chi connectivity index (χ3n) is 2.77. The van der Waals surface area contributed by atoms with E-state index in [1.807, 2.05) is 0 Å². The Morgan fingerprint density at radius 3 is 2.80 bits per heavy atom. The number of carbonyl (C=O) groups is 1. The van der Waals surface area contributed by atoms with Crippen LogP contribution >= 0.6 is 0 Å². The molecule has 1 aromatic rings. The molecule has 1 heterocycles. The maximum atomic E-state index is 11.6. The molecule has 1 aliphatic rings. The summed E-state index contributed by atoms with van der Waals surface area (Å²) in [6, 6.07) is 1.82. The van der Waals surface area contributed by atoms with Crippen molar-refractivity contribution in [1.29, 1.82) is 0 Å². The fourth-order valence-corrected chi connectivity index (χ4v) is 1.87. The quantitative estimate of drug-likeness (QED) is 0.661. The van der Waals surface area contributed by atoms with Crippen molar-refractivity contribution in [2.24, 2.45) is 0 Å². The molecule has 1 aromatic heterocycles. The second kappa shape index (κ2) is 4.44. The number of H-pyrrole nitrogens is 1. The van der Waals surface area contributed by atoms with E-state index in [2.05, 4.69) is 15.5 Å². The summed E-state index contributed by atoms with van der Waals surface area (Å²) in [7, 11) is 0. The number of rotatable bonds is 2. The summed E-state index contributed by atoms with van der Waals surface area (Å²) >= 11 is 0. The van der Waals surface area contributed by atoms with Crippen molar-refractivity contribution in [1.82, 2.24) is 15.5 Å². The van der Waals surface area contributed by atoms with Crippen LogP contribution in [-0.2, 0) is 0 Å². The SMILES string of the molecule is O=C(NC1CCC(O)CC1)c1cc[nH]n1. The van der Waals surface area contributed by atoms with E-state index in [1.54, 1.807) is 12.3 Å². The molecule has 0 saturated heterocycles. The first-order valence-corrected chi connectivity index (χ1v) is 5.24. The number of carbonyl (C=O) groups excluding carboxylic acids is 1. The van der Waals surface area contributed by atoms with Gasteiger partial charge in [0, 0.05) is 12.2 Å². The first kappa shape index (κ1) is 10.2. The van der Waals surface area contributed by atoms with Crippen LogP contribution in [0.4, 0.5) is 0 Å². The van der Waals surface area contributed by atoms with Crippen LogP contribution in [0.3, 0.4) is 0 Å². The summed E-state index contributed by atoms with van der Waals surface area (Å²) in [5.41, 5.74) is 0.418. The molecule has 0 aromatic carbocycles. The van der Waals surface area contributed by atoms with Gasteiger partial charge in [0.1, 0.15) is 5.69 Å². The number of aromatic amines is 1. The Hall–Kier alpha value is -1.36. The molecule has 5 heteroatoms. The lowest BCUT2D eigenvalue weighted by molar-refractivity contribution is 0.0863. The van der Waals surface area contributed by atoms with Crippen LogP contribution in [0.5, 0.6) is 0 Å². The summed E-state index contributed by atoms with van der Waals surface area (Å²) in [6.45, 7) is 0. The fourth-order valence-electron chi connectivity index (χ4n) is 1.87. The minimum Gasteiger partial charge on any atom is -0.393 e. The van der Waals surface area contributed by atoms with Crippen LogP contribution in [0.15, 0.2) is 12.3 Å². The lowest BCUT2D eigenvalue weighted by Crippen LogP contribution is -2.38. The number of nitrogens with one attached hydrogen (secondary N) is 2. The average Bonchev–Trinajstić information content (AvgIpc) is 2.74. The van der Waals surface area contributed by atoms with E-state index >= 15 is 0 Å². The van der Waals surface area contributed by atoms with Crippen LogP contribution in [0.1, 0.15) is 36.2 Å². The van der Waals surface area contributed by atoms with Gasteiger partial charge in [-0.25, -0.2) is 0 Å². The topological polar surface area (TPSA) is 78.0 Å². The lowest BCUT2D eigenvalue weighted by atomic mass is 9.93. The van der Waals surface area contributed by atoms with E-state index in [-0.39, 0.29) is 18.1 Å². The van der Waals surface area contributed by atoms with Crippen molar-refractivity contribution >= 4 is 5.91 Å². The second-order valence-corrected chi connectivity index (χ2v) is 3.94. The summed E-state index contributed by atoms with van der Waals surface area (Å²) in [5, 5.41) is 18.6. The van der Waals surface area contributed by atoms with Gasteiger partial charge < -0.3 is 10.4 Å². The van der Waals surface area contributed by atoms with Gasteiger partial charge in [-0.05, 0) is 31.7 Å². The fraction of sp³-hybridized carbons (Fsp3) is 0.600. The summed E-state index contributed by atoms with van der Waals surface area (Å²) in [4.78, 5) is 11.6. The van der Waals surface area contributed by atoms with Gasteiger partial charge in [-0.15, -0.1) is 0 Å². The molecule has 5 nitrogen and oxygen atoms in total. The Bertz CT molecular complexity index is 315. The van der Waals surface area contributed by atoms with E-state index in [0.717, 1.165) is 25.7 Å². The Balaban J connectivity index is 1.85. The Morgan fingerprint density at radius 1 is 1.47 bits per heavy atom. The van der Waals surface area contributed by atoms with Crippen LogP contribution in [0, 0.1) is 0 Å². The van der Waals surface area contributed by atoms with Crippen molar-refractivity contribution in [3.63, 3.8) is 0 Å². The molecule has 82 valence electrons. The molecular weight excluding hydrogens is 194 g/mol. The third kappa shape index (κ3) is 2.56. The monoisotopic (exact) mass is 209 g/mol. The normalized spacial score (nSPS) is 26.2. The van der Waals surface area contributed by atoms with Gasteiger partial charge >= 0.3 is 0 Å². The Labute approximate surface area is 87.9 Å². The van der Waals surface area contributed by atoms with Crippen molar-refractivity contribution in [2.75, 3.05) is 0 Å². The minimum atomic E-state index is -0.191. The van der Waals surface area contributed by atoms with Gasteiger partial charge in [0.05, 0.1) is 6.10 Å².